The van der Waals surface area contributed by atoms with Crippen molar-refractivity contribution in [1.29, 1.82) is 0 Å². The Labute approximate surface area is 214 Å². The number of rotatable bonds is 9. The van der Waals surface area contributed by atoms with Gasteiger partial charge in [-0.2, -0.15) is 0 Å². The molecule has 190 valence electrons. The molecule has 0 aliphatic carbocycles. The Bertz CT molecular complexity index is 1270. The summed E-state index contributed by atoms with van der Waals surface area (Å²) in [5.74, 6) is -1.79. The molecule has 1 unspecified atom stereocenters. The molecule has 0 saturated carbocycles. The van der Waals surface area contributed by atoms with E-state index in [0.717, 1.165) is 6.07 Å². The molecule has 1 heterocycles. The van der Waals surface area contributed by atoms with E-state index in [0.29, 0.717) is 27.4 Å². The van der Waals surface area contributed by atoms with Gasteiger partial charge in [0, 0.05) is 28.3 Å². The molecule has 1 aliphatic heterocycles. The number of aliphatic hydroxyl groups is 1. The molecule has 2 aromatic rings. The maximum absolute atomic E-state index is 14.0. The summed E-state index contributed by atoms with van der Waals surface area (Å²) in [4.78, 5) is 25.2. The Morgan fingerprint density at radius 3 is 2.69 bits per heavy atom. The smallest absolute Gasteiger partial charge is 0.338 e. The summed E-state index contributed by atoms with van der Waals surface area (Å²) in [5, 5.41) is 25.2. The first-order valence-electron chi connectivity index (χ1n) is 11.3. The lowest BCUT2D eigenvalue weighted by atomic mass is 9.72. The van der Waals surface area contributed by atoms with Crippen LogP contribution < -0.4 is 5.32 Å². The fourth-order valence-electron chi connectivity index (χ4n) is 4.40. The normalized spacial score (nSPS) is 15.4. The second-order valence-electron chi connectivity index (χ2n) is 9.65. The van der Waals surface area contributed by atoms with Gasteiger partial charge in [-0.05, 0) is 61.2 Å². The van der Waals surface area contributed by atoms with E-state index >= 15 is 0 Å². The van der Waals surface area contributed by atoms with Crippen molar-refractivity contribution in [3.05, 3.63) is 94.3 Å². The third-order valence-electron chi connectivity index (χ3n) is 6.02. The van der Waals surface area contributed by atoms with Gasteiger partial charge < -0.3 is 20.3 Å². The van der Waals surface area contributed by atoms with Gasteiger partial charge in [0.1, 0.15) is 23.8 Å². The summed E-state index contributed by atoms with van der Waals surface area (Å²) in [6.07, 6.45) is 4.75. The number of ether oxygens (including phenoxy) is 1. The predicted octanol–water partition coefficient (Wildman–Crippen LogP) is 5.88. The summed E-state index contributed by atoms with van der Waals surface area (Å²) >= 11 is 5.76. The van der Waals surface area contributed by atoms with Crippen LogP contribution in [0.4, 0.5) is 10.1 Å². The minimum atomic E-state index is -1.94. The van der Waals surface area contributed by atoms with E-state index in [1.54, 1.807) is 57.2 Å². The molecule has 3 rings (SSSR count). The number of hydrogen-bond acceptors (Lipinski definition) is 5. The van der Waals surface area contributed by atoms with Crippen LogP contribution in [0.5, 0.6) is 5.75 Å². The van der Waals surface area contributed by atoms with E-state index in [1.807, 2.05) is 0 Å². The third kappa shape index (κ3) is 6.42. The van der Waals surface area contributed by atoms with Crippen LogP contribution in [-0.4, -0.2) is 27.7 Å². The fourth-order valence-corrected chi connectivity index (χ4v) is 4.47. The Hall–Kier alpha value is -3.42. The van der Waals surface area contributed by atoms with E-state index < -0.39 is 28.7 Å². The molecular formula is C28H29ClFNO5. The van der Waals surface area contributed by atoms with Crippen molar-refractivity contribution >= 4 is 29.2 Å². The molecule has 3 N–H and O–H groups in total. The quantitative estimate of drug-likeness (QED) is 0.287. The molecule has 0 saturated heterocycles. The number of nitrogens with one attached hydrogen (secondary N) is 1. The summed E-state index contributed by atoms with van der Waals surface area (Å²) in [5.41, 5.74) is -0.541. The van der Waals surface area contributed by atoms with Crippen LogP contribution in [0.2, 0.25) is 0 Å². The Kier molecular flexibility index (Phi) is 8.06. The number of halogens is 2. The minimum Gasteiger partial charge on any atom is -0.508 e. The van der Waals surface area contributed by atoms with Gasteiger partial charge in [-0.1, -0.05) is 49.8 Å². The maximum atomic E-state index is 14.0. The zero-order valence-electron chi connectivity index (χ0n) is 20.4. The Morgan fingerprint density at radius 2 is 2.00 bits per heavy atom. The van der Waals surface area contributed by atoms with Crippen molar-refractivity contribution < 1.29 is 28.9 Å². The van der Waals surface area contributed by atoms with E-state index in [9.17, 15) is 24.2 Å². The SMILES string of the molecule is C=C(Cl)/C=C\C=C(/C)CC(O)(CC(C)(C)c1cc(F)ccc1O)C(=O)Nc1ccc2c(c1)COC2=O. The van der Waals surface area contributed by atoms with Crippen molar-refractivity contribution in [1.82, 2.24) is 0 Å². The highest BCUT2D eigenvalue weighted by Crippen LogP contribution is 2.40. The molecule has 8 heteroatoms. The monoisotopic (exact) mass is 513 g/mol. The zero-order valence-corrected chi connectivity index (χ0v) is 21.2. The largest absolute Gasteiger partial charge is 0.508 e. The van der Waals surface area contributed by atoms with Gasteiger partial charge in [-0.3, -0.25) is 4.79 Å². The van der Waals surface area contributed by atoms with Crippen LogP contribution in [0.25, 0.3) is 0 Å². The van der Waals surface area contributed by atoms with E-state index in [4.69, 9.17) is 16.3 Å². The highest BCUT2D eigenvalue weighted by Gasteiger charge is 2.43. The van der Waals surface area contributed by atoms with Gasteiger partial charge in [0.25, 0.3) is 5.91 Å². The first-order valence-corrected chi connectivity index (χ1v) is 11.7. The van der Waals surface area contributed by atoms with Crippen LogP contribution in [0.1, 0.15) is 55.1 Å². The first kappa shape index (κ1) is 27.2. The number of aromatic hydroxyl groups is 1. The van der Waals surface area contributed by atoms with Crippen molar-refractivity contribution in [2.24, 2.45) is 0 Å². The minimum absolute atomic E-state index is 0.0516. The molecule has 1 aliphatic rings. The number of amides is 1. The number of hydrogen-bond donors (Lipinski definition) is 3. The zero-order chi connectivity index (χ0) is 26.7. The predicted molar refractivity (Wildman–Crippen MR) is 137 cm³/mol. The van der Waals surface area contributed by atoms with Crippen molar-refractivity contribution in [2.75, 3.05) is 5.32 Å². The van der Waals surface area contributed by atoms with E-state index in [1.165, 1.54) is 12.1 Å². The van der Waals surface area contributed by atoms with Crippen LogP contribution >= 0.6 is 11.6 Å². The fraction of sp³-hybridized carbons (Fsp3) is 0.286. The average Bonchev–Trinajstić information content (AvgIpc) is 3.14. The van der Waals surface area contributed by atoms with Crippen LogP contribution in [-0.2, 0) is 21.6 Å². The number of phenolic OH excluding ortho intramolecular Hbond substituents is 1. The Balaban J connectivity index is 1.94. The number of fused-ring (bicyclic) bond motifs is 1. The first-order chi connectivity index (χ1) is 16.8. The number of allylic oxidation sites excluding steroid dienone is 4. The van der Waals surface area contributed by atoms with Gasteiger partial charge in [-0.15, -0.1) is 0 Å². The standard InChI is InChI=1S/C28H29ClFNO5/c1-17(6-5-7-18(2)29)14-28(35,16-27(3,4)23-13-20(30)8-11-24(23)32)26(34)31-21-9-10-22-19(12-21)15-36-25(22)33/h5-13,32,35H,2,14-16H2,1,3-4H3,(H,31,34)/b7-5-,17-6+. The highest BCUT2D eigenvalue weighted by atomic mass is 35.5. The van der Waals surface area contributed by atoms with Gasteiger partial charge in [0.05, 0.1) is 5.56 Å². The lowest BCUT2D eigenvalue weighted by Gasteiger charge is -2.36. The highest BCUT2D eigenvalue weighted by molar-refractivity contribution is 6.30. The number of carbonyl (C=O) groups excluding carboxylic acids is 2. The van der Waals surface area contributed by atoms with Crippen LogP contribution in [0, 0.1) is 5.82 Å². The number of phenols is 1. The summed E-state index contributed by atoms with van der Waals surface area (Å²) in [6.45, 7) is 8.87. The van der Waals surface area contributed by atoms with Crippen LogP contribution in [0.3, 0.4) is 0 Å². The summed E-state index contributed by atoms with van der Waals surface area (Å²) in [6, 6.07) is 8.32. The molecule has 2 aromatic carbocycles. The number of benzene rings is 2. The van der Waals surface area contributed by atoms with Crippen molar-refractivity contribution in [3.8, 4) is 5.75 Å². The van der Waals surface area contributed by atoms with E-state index in [2.05, 4.69) is 11.9 Å². The van der Waals surface area contributed by atoms with E-state index in [-0.39, 0.29) is 30.8 Å². The number of esters is 1. The van der Waals surface area contributed by atoms with Gasteiger partial charge in [-0.25, -0.2) is 9.18 Å². The van der Waals surface area contributed by atoms with Crippen LogP contribution in [0.15, 0.2) is 71.8 Å². The average molecular weight is 514 g/mol. The second-order valence-corrected chi connectivity index (χ2v) is 10.1. The number of anilines is 1. The lowest BCUT2D eigenvalue weighted by Crippen LogP contribution is -2.47. The lowest BCUT2D eigenvalue weighted by molar-refractivity contribution is -0.136. The third-order valence-corrected chi connectivity index (χ3v) is 6.14. The molecule has 1 atom stereocenters. The van der Waals surface area contributed by atoms with Crippen molar-refractivity contribution in [3.63, 3.8) is 0 Å². The molecule has 0 aromatic heterocycles. The molecule has 36 heavy (non-hydrogen) atoms. The summed E-state index contributed by atoms with van der Waals surface area (Å²) < 4.78 is 19.0. The van der Waals surface area contributed by atoms with Gasteiger partial charge in [0.15, 0.2) is 0 Å². The molecular weight excluding hydrogens is 485 g/mol. The Morgan fingerprint density at radius 1 is 1.28 bits per heavy atom. The molecule has 0 spiro atoms. The molecule has 0 bridgehead atoms. The maximum Gasteiger partial charge on any atom is 0.338 e. The van der Waals surface area contributed by atoms with Crippen molar-refractivity contribution in [2.45, 2.75) is 51.2 Å². The van der Waals surface area contributed by atoms with Gasteiger partial charge >= 0.3 is 5.97 Å². The molecule has 6 nitrogen and oxygen atoms in total. The summed E-state index contributed by atoms with van der Waals surface area (Å²) in [7, 11) is 0. The molecule has 0 radical (unpaired) electrons. The number of cyclic esters (lactones) is 1. The topological polar surface area (TPSA) is 95.9 Å². The number of carbonyl (C=O) groups is 2. The molecule has 0 fully saturated rings. The molecule has 1 amide bonds. The second kappa shape index (κ2) is 10.7. The van der Waals surface area contributed by atoms with Gasteiger partial charge in [0.2, 0.25) is 0 Å².